The predicted octanol–water partition coefficient (Wildman–Crippen LogP) is 2.76. The van der Waals surface area contributed by atoms with Crippen LogP contribution in [0.4, 0.5) is 0 Å². The van der Waals surface area contributed by atoms with E-state index in [9.17, 15) is 0 Å². The van der Waals surface area contributed by atoms with Gasteiger partial charge in [0.1, 0.15) is 0 Å². The Morgan fingerprint density at radius 1 is 1.46 bits per heavy atom. The molecular weight excluding hydrogens is 158 g/mol. The van der Waals surface area contributed by atoms with E-state index in [4.69, 9.17) is 0 Å². The SMILES string of the molecule is CCC1(C(C)C)CC2CC1CN2C. The summed E-state index contributed by atoms with van der Waals surface area (Å²) in [4.78, 5) is 2.57. The number of rotatable bonds is 2. The van der Waals surface area contributed by atoms with Crippen LogP contribution in [-0.2, 0) is 0 Å². The van der Waals surface area contributed by atoms with Crippen LogP contribution in [0, 0.1) is 17.3 Å². The molecule has 76 valence electrons. The lowest BCUT2D eigenvalue weighted by atomic mass is 9.66. The van der Waals surface area contributed by atoms with Crippen molar-refractivity contribution in [2.45, 2.75) is 46.1 Å². The van der Waals surface area contributed by atoms with Crippen molar-refractivity contribution < 1.29 is 0 Å². The van der Waals surface area contributed by atoms with E-state index in [-0.39, 0.29) is 0 Å². The first kappa shape index (κ1) is 9.51. The van der Waals surface area contributed by atoms with Crippen molar-refractivity contribution >= 4 is 0 Å². The summed E-state index contributed by atoms with van der Waals surface area (Å²) in [6.45, 7) is 8.59. The van der Waals surface area contributed by atoms with Crippen LogP contribution in [0.15, 0.2) is 0 Å². The Labute approximate surface area is 82.5 Å². The Kier molecular flexibility index (Phi) is 2.18. The summed E-state index contributed by atoms with van der Waals surface area (Å²) in [6, 6.07) is 0.910. The molecule has 1 aliphatic heterocycles. The van der Waals surface area contributed by atoms with Gasteiger partial charge in [-0.2, -0.15) is 0 Å². The van der Waals surface area contributed by atoms with E-state index in [2.05, 4.69) is 32.7 Å². The smallest absolute Gasteiger partial charge is 0.0101 e. The summed E-state index contributed by atoms with van der Waals surface area (Å²) in [5.74, 6) is 1.87. The highest BCUT2D eigenvalue weighted by Crippen LogP contribution is 2.55. The lowest BCUT2D eigenvalue weighted by Gasteiger charge is -2.43. The summed E-state index contributed by atoms with van der Waals surface area (Å²) < 4.78 is 0. The molecular formula is C12H23N. The molecule has 1 nitrogen and oxygen atoms in total. The molecule has 0 aromatic heterocycles. The third kappa shape index (κ3) is 1.16. The topological polar surface area (TPSA) is 3.24 Å². The summed E-state index contributed by atoms with van der Waals surface area (Å²) >= 11 is 0. The quantitative estimate of drug-likeness (QED) is 0.633. The molecule has 0 radical (unpaired) electrons. The number of piperidine rings is 1. The first-order valence-corrected chi connectivity index (χ1v) is 5.80. The minimum absolute atomic E-state index is 0.692. The van der Waals surface area contributed by atoms with E-state index in [1.54, 1.807) is 0 Å². The minimum atomic E-state index is 0.692. The van der Waals surface area contributed by atoms with Gasteiger partial charge in [-0.15, -0.1) is 0 Å². The van der Waals surface area contributed by atoms with E-state index in [0.717, 1.165) is 17.9 Å². The average molecular weight is 181 g/mol. The van der Waals surface area contributed by atoms with Gasteiger partial charge in [-0.25, -0.2) is 0 Å². The maximum atomic E-state index is 2.57. The Morgan fingerprint density at radius 2 is 2.15 bits per heavy atom. The first-order valence-electron chi connectivity index (χ1n) is 5.80. The number of hydrogen-bond donors (Lipinski definition) is 0. The number of likely N-dealkylation sites (tertiary alicyclic amines) is 1. The molecule has 1 heterocycles. The fourth-order valence-electron chi connectivity index (χ4n) is 3.89. The van der Waals surface area contributed by atoms with Crippen LogP contribution in [0.1, 0.15) is 40.0 Å². The molecule has 1 heteroatoms. The Bertz CT molecular complexity index is 197. The lowest BCUT2D eigenvalue weighted by Crippen LogP contribution is -2.42. The zero-order chi connectivity index (χ0) is 9.64. The van der Waals surface area contributed by atoms with Crippen LogP contribution in [0.3, 0.4) is 0 Å². The molecule has 1 saturated heterocycles. The zero-order valence-corrected chi connectivity index (χ0v) is 9.51. The van der Waals surface area contributed by atoms with Crippen molar-refractivity contribution in [1.82, 2.24) is 4.90 Å². The Hall–Kier alpha value is -0.0400. The summed E-state index contributed by atoms with van der Waals surface area (Å²) in [5, 5.41) is 0. The monoisotopic (exact) mass is 181 g/mol. The number of nitrogens with zero attached hydrogens (tertiary/aromatic N) is 1. The molecule has 0 N–H and O–H groups in total. The Balaban J connectivity index is 2.19. The van der Waals surface area contributed by atoms with Crippen LogP contribution in [-0.4, -0.2) is 24.5 Å². The average Bonchev–Trinajstić information content (AvgIpc) is 2.60. The van der Waals surface area contributed by atoms with Gasteiger partial charge in [0.25, 0.3) is 0 Å². The van der Waals surface area contributed by atoms with Crippen LogP contribution in [0.5, 0.6) is 0 Å². The molecule has 0 aromatic rings. The Morgan fingerprint density at radius 3 is 2.46 bits per heavy atom. The van der Waals surface area contributed by atoms with Gasteiger partial charge in [-0.05, 0) is 43.6 Å². The minimum Gasteiger partial charge on any atom is -0.303 e. The van der Waals surface area contributed by atoms with Crippen LogP contribution in [0.2, 0.25) is 0 Å². The molecule has 13 heavy (non-hydrogen) atoms. The van der Waals surface area contributed by atoms with Gasteiger partial charge in [0, 0.05) is 12.6 Å². The molecule has 0 aromatic carbocycles. The van der Waals surface area contributed by atoms with Crippen molar-refractivity contribution in [2.24, 2.45) is 17.3 Å². The van der Waals surface area contributed by atoms with Crippen molar-refractivity contribution in [1.29, 1.82) is 0 Å². The third-order valence-electron chi connectivity index (χ3n) is 4.93. The highest BCUT2D eigenvalue weighted by molar-refractivity contribution is 5.05. The molecule has 1 saturated carbocycles. The number of hydrogen-bond acceptors (Lipinski definition) is 1. The van der Waals surface area contributed by atoms with Gasteiger partial charge in [0.15, 0.2) is 0 Å². The molecule has 2 aliphatic rings. The normalized spacial score (nSPS) is 45.0. The van der Waals surface area contributed by atoms with Crippen molar-refractivity contribution in [3.63, 3.8) is 0 Å². The van der Waals surface area contributed by atoms with Crippen LogP contribution in [0.25, 0.3) is 0 Å². The summed E-state index contributed by atoms with van der Waals surface area (Å²) in [7, 11) is 2.30. The second kappa shape index (κ2) is 2.98. The van der Waals surface area contributed by atoms with Crippen LogP contribution < -0.4 is 0 Å². The lowest BCUT2D eigenvalue weighted by molar-refractivity contribution is 0.0571. The van der Waals surface area contributed by atoms with Gasteiger partial charge in [-0.1, -0.05) is 20.8 Å². The predicted molar refractivity (Wildman–Crippen MR) is 56.7 cm³/mol. The van der Waals surface area contributed by atoms with Gasteiger partial charge < -0.3 is 4.90 Å². The molecule has 2 fully saturated rings. The third-order valence-corrected chi connectivity index (χ3v) is 4.93. The second-order valence-corrected chi connectivity index (χ2v) is 5.47. The standard InChI is InChI=1S/C12H23N/c1-5-12(9(2)3)7-11-6-10(12)8-13(11)4/h9-11H,5-8H2,1-4H3. The van der Waals surface area contributed by atoms with Gasteiger partial charge in [0.2, 0.25) is 0 Å². The van der Waals surface area contributed by atoms with E-state index in [1.165, 1.54) is 25.8 Å². The molecule has 3 unspecified atom stereocenters. The van der Waals surface area contributed by atoms with Gasteiger partial charge in [-0.3, -0.25) is 0 Å². The van der Waals surface area contributed by atoms with E-state index < -0.39 is 0 Å². The van der Waals surface area contributed by atoms with Crippen LogP contribution >= 0.6 is 0 Å². The van der Waals surface area contributed by atoms with Crippen molar-refractivity contribution in [3.8, 4) is 0 Å². The zero-order valence-electron chi connectivity index (χ0n) is 9.51. The highest BCUT2D eigenvalue weighted by atomic mass is 15.2. The fraction of sp³-hybridized carbons (Fsp3) is 1.00. The van der Waals surface area contributed by atoms with E-state index in [1.807, 2.05) is 0 Å². The molecule has 0 amide bonds. The van der Waals surface area contributed by atoms with Gasteiger partial charge in [0.05, 0.1) is 0 Å². The van der Waals surface area contributed by atoms with Gasteiger partial charge >= 0.3 is 0 Å². The van der Waals surface area contributed by atoms with Crippen molar-refractivity contribution in [2.75, 3.05) is 13.6 Å². The summed E-state index contributed by atoms with van der Waals surface area (Å²) in [6.07, 6.45) is 4.32. The first-order chi connectivity index (χ1) is 6.10. The molecule has 1 aliphatic carbocycles. The molecule has 2 bridgehead atoms. The summed E-state index contributed by atoms with van der Waals surface area (Å²) in [5.41, 5.74) is 0.692. The second-order valence-electron chi connectivity index (χ2n) is 5.47. The van der Waals surface area contributed by atoms with E-state index in [0.29, 0.717) is 5.41 Å². The van der Waals surface area contributed by atoms with E-state index >= 15 is 0 Å². The molecule has 3 atom stereocenters. The largest absolute Gasteiger partial charge is 0.303 e. The fourth-order valence-corrected chi connectivity index (χ4v) is 3.89. The molecule has 2 rings (SSSR count). The highest BCUT2D eigenvalue weighted by Gasteiger charge is 2.53. The maximum Gasteiger partial charge on any atom is 0.0101 e. The van der Waals surface area contributed by atoms with Crippen molar-refractivity contribution in [3.05, 3.63) is 0 Å². The molecule has 0 spiro atoms. The number of fused-ring (bicyclic) bond motifs is 2. The maximum absolute atomic E-state index is 2.57.